The van der Waals surface area contributed by atoms with Crippen LogP contribution in [-0.4, -0.2) is 28.8 Å². The maximum Gasteiger partial charge on any atom is 0.310 e. The summed E-state index contributed by atoms with van der Waals surface area (Å²) in [6.45, 7) is 3.58. The molecule has 28 heavy (non-hydrogen) atoms. The average molecular weight is 423 g/mol. The monoisotopic (exact) mass is 422 g/mol. The molecular formula is C20H43N2O5P. The number of nitrogens with two attached hydrogens (primary N) is 2. The van der Waals surface area contributed by atoms with Gasteiger partial charge in [0.05, 0.1) is 13.0 Å². The standard InChI is InChI=1S/C20H40N2O.H3O4P/c1-2-3-4-5-6-7-8-9-10-11-12-13-14-15-16-17-20(23)22-19-18-21;1-5(2,3)4/h9-10H,2-8,11-19,21H2,1H3,(H,22,23);(H3,1,2,3,4)/b10-9-;. The highest BCUT2D eigenvalue weighted by molar-refractivity contribution is 7.43. The van der Waals surface area contributed by atoms with Crippen molar-refractivity contribution in [1.82, 2.24) is 0 Å². The van der Waals surface area contributed by atoms with Crippen molar-refractivity contribution in [3.63, 3.8) is 0 Å². The van der Waals surface area contributed by atoms with Crippen LogP contribution in [0.1, 0.15) is 96.8 Å². The summed E-state index contributed by atoms with van der Waals surface area (Å²) in [4.78, 5) is 34.3. The van der Waals surface area contributed by atoms with Crippen molar-refractivity contribution in [2.45, 2.75) is 96.8 Å². The SMILES string of the molecule is CCCCCCCC/C=C\CCCCCCCC(=O)[NH2+]CCN.O=P([O-])(O)O. The van der Waals surface area contributed by atoms with Gasteiger partial charge in [0.25, 0.3) is 7.82 Å². The van der Waals surface area contributed by atoms with E-state index in [9.17, 15) is 4.79 Å². The van der Waals surface area contributed by atoms with E-state index >= 15 is 0 Å². The fraction of sp³-hybridized carbons (Fsp3) is 0.850. The van der Waals surface area contributed by atoms with E-state index in [1.165, 1.54) is 77.0 Å². The summed E-state index contributed by atoms with van der Waals surface area (Å²) < 4.78 is 8.77. The zero-order valence-electron chi connectivity index (χ0n) is 17.7. The summed E-state index contributed by atoms with van der Waals surface area (Å²) in [5, 5.41) is 1.74. The number of primary amides is 1. The van der Waals surface area contributed by atoms with Gasteiger partial charge in [-0.3, -0.25) is 9.88 Å². The normalized spacial score (nSPS) is 11.5. The van der Waals surface area contributed by atoms with E-state index in [0.29, 0.717) is 13.0 Å². The number of carbonyl (C=O) groups is 1. The average Bonchev–Trinajstić information content (AvgIpc) is 2.61. The molecule has 0 saturated heterocycles. The van der Waals surface area contributed by atoms with E-state index in [4.69, 9.17) is 25.0 Å². The molecule has 7 nitrogen and oxygen atoms in total. The highest BCUT2D eigenvalue weighted by Gasteiger charge is 2.03. The molecule has 168 valence electrons. The Bertz CT molecular complexity index is 405. The van der Waals surface area contributed by atoms with Crippen LogP contribution in [0.15, 0.2) is 12.2 Å². The van der Waals surface area contributed by atoms with Gasteiger partial charge in [-0.1, -0.05) is 70.4 Å². The number of phosphoric acid groups is 1. The first-order chi connectivity index (χ1) is 13.3. The molecule has 0 fully saturated rings. The molecule has 0 unspecified atom stereocenters. The first kappa shape index (κ1) is 29.6. The molecule has 0 aliphatic carbocycles. The summed E-state index contributed by atoms with van der Waals surface area (Å²) in [5.41, 5.74) is 5.37. The van der Waals surface area contributed by atoms with Gasteiger partial charge in [-0.25, -0.2) is 4.79 Å². The summed E-state index contributed by atoms with van der Waals surface area (Å²) in [5.74, 6) is 0.271. The number of carbonyl (C=O) groups excluding carboxylic acids is 1. The van der Waals surface area contributed by atoms with Crippen molar-refractivity contribution in [2.24, 2.45) is 5.73 Å². The maximum atomic E-state index is 11.4. The molecule has 0 aliphatic heterocycles. The van der Waals surface area contributed by atoms with Crippen molar-refractivity contribution in [3.8, 4) is 0 Å². The van der Waals surface area contributed by atoms with E-state index in [1.807, 2.05) is 0 Å². The highest BCUT2D eigenvalue weighted by atomic mass is 31.2. The second kappa shape index (κ2) is 22.7. The van der Waals surface area contributed by atoms with Crippen LogP contribution in [0.2, 0.25) is 0 Å². The van der Waals surface area contributed by atoms with Crippen LogP contribution in [0.5, 0.6) is 0 Å². The Hall–Kier alpha value is -0.560. The topological polar surface area (TPSA) is 140 Å². The molecule has 0 aromatic rings. The van der Waals surface area contributed by atoms with Crippen molar-refractivity contribution < 1.29 is 29.4 Å². The van der Waals surface area contributed by atoms with Gasteiger partial charge in [-0.2, -0.15) is 0 Å². The van der Waals surface area contributed by atoms with Crippen molar-refractivity contribution in [2.75, 3.05) is 13.1 Å². The quantitative estimate of drug-likeness (QED) is 0.161. The Morgan fingerprint density at radius 2 is 1.36 bits per heavy atom. The summed E-state index contributed by atoms with van der Waals surface area (Å²) in [6.07, 6.45) is 22.3. The molecule has 0 bridgehead atoms. The number of quaternary nitrogens is 1. The largest absolute Gasteiger partial charge is 0.756 e. The number of rotatable bonds is 17. The fourth-order valence-electron chi connectivity index (χ4n) is 2.72. The lowest BCUT2D eigenvalue weighted by atomic mass is 10.1. The summed E-state index contributed by atoms with van der Waals surface area (Å²) in [7, 11) is -4.89. The third-order valence-corrected chi connectivity index (χ3v) is 4.22. The predicted octanol–water partition coefficient (Wildman–Crippen LogP) is 2.51. The van der Waals surface area contributed by atoms with Gasteiger partial charge >= 0.3 is 5.91 Å². The van der Waals surface area contributed by atoms with Crippen LogP contribution in [0.4, 0.5) is 0 Å². The Morgan fingerprint density at radius 3 is 1.82 bits per heavy atom. The first-order valence-electron chi connectivity index (χ1n) is 10.8. The van der Waals surface area contributed by atoms with E-state index in [1.54, 1.807) is 5.32 Å². The van der Waals surface area contributed by atoms with Gasteiger partial charge in [-0.05, 0) is 32.1 Å². The van der Waals surface area contributed by atoms with Gasteiger partial charge in [0.2, 0.25) is 0 Å². The number of allylic oxidation sites excluding steroid dienone is 2. The van der Waals surface area contributed by atoms with Gasteiger partial charge in [0.15, 0.2) is 0 Å². The minimum Gasteiger partial charge on any atom is -0.756 e. The van der Waals surface area contributed by atoms with Gasteiger partial charge in [0, 0.05) is 6.54 Å². The highest BCUT2D eigenvalue weighted by Crippen LogP contribution is 2.19. The summed E-state index contributed by atoms with van der Waals surface area (Å²) >= 11 is 0. The first-order valence-corrected chi connectivity index (χ1v) is 12.3. The maximum absolute atomic E-state index is 11.4. The minimum absolute atomic E-state index is 0.271. The van der Waals surface area contributed by atoms with Gasteiger partial charge in [0.1, 0.15) is 0 Å². The number of hydrogen-bond acceptors (Lipinski definition) is 4. The molecule has 1 amide bonds. The fourth-order valence-corrected chi connectivity index (χ4v) is 2.72. The molecule has 0 saturated carbocycles. The Morgan fingerprint density at radius 1 is 0.929 bits per heavy atom. The van der Waals surface area contributed by atoms with Crippen LogP contribution in [0.3, 0.4) is 0 Å². The molecule has 8 heteroatoms. The predicted molar refractivity (Wildman–Crippen MR) is 112 cm³/mol. The molecule has 0 aromatic carbocycles. The molecule has 0 radical (unpaired) electrons. The number of amides is 1. The third kappa shape index (κ3) is 36.4. The molecule has 0 spiro atoms. The molecule has 6 N–H and O–H groups in total. The third-order valence-electron chi connectivity index (χ3n) is 4.22. The smallest absolute Gasteiger partial charge is 0.310 e. The van der Waals surface area contributed by atoms with Crippen molar-refractivity contribution in [1.29, 1.82) is 0 Å². The Balaban J connectivity index is 0. The number of unbranched alkanes of at least 4 members (excludes halogenated alkanes) is 11. The second-order valence-corrected chi connectivity index (χ2v) is 8.05. The lowest BCUT2D eigenvalue weighted by Gasteiger charge is -2.01. The van der Waals surface area contributed by atoms with Gasteiger partial charge < -0.3 is 20.4 Å². The molecule has 0 rings (SSSR count). The van der Waals surface area contributed by atoms with Crippen LogP contribution < -0.4 is 15.9 Å². The zero-order chi connectivity index (χ0) is 21.5. The lowest BCUT2D eigenvalue weighted by molar-refractivity contribution is -0.566. The van der Waals surface area contributed by atoms with Crippen LogP contribution >= 0.6 is 7.82 Å². The second-order valence-electron chi connectivity index (χ2n) is 7.07. The van der Waals surface area contributed by atoms with Crippen LogP contribution in [-0.2, 0) is 9.36 Å². The zero-order valence-corrected chi connectivity index (χ0v) is 18.6. The Kier molecular flexibility index (Phi) is 24.1. The lowest BCUT2D eigenvalue weighted by Crippen LogP contribution is -2.89. The molecular weight excluding hydrogens is 379 g/mol. The van der Waals surface area contributed by atoms with E-state index in [-0.39, 0.29) is 5.91 Å². The molecule has 0 aromatic heterocycles. The molecule has 0 atom stereocenters. The van der Waals surface area contributed by atoms with Crippen LogP contribution in [0, 0.1) is 0 Å². The van der Waals surface area contributed by atoms with Crippen molar-refractivity contribution in [3.05, 3.63) is 12.2 Å². The van der Waals surface area contributed by atoms with E-state index in [0.717, 1.165) is 13.0 Å². The minimum atomic E-state index is -4.89. The van der Waals surface area contributed by atoms with Gasteiger partial charge in [-0.15, -0.1) is 0 Å². The van der Waals surface area contributed by atoms with E-state index in [2.05, 4.69) is 19.1 Å². The number of hydrogen-bond donors (Lipinski definition) is 4. The van der Waals surface area contributed by atoms with Crippen molar-refractivity contribution >= 4 is 13.7 Å². The van der Waals surface area contributed by atoms with E-state index < -0.39 is 7.82 Å². The molecule has 0 heterocycles. The summed E-state index contributed by atoms with van der Waals surface area (Å²) in [6, 6.07) is 0. The molecule has 0 aliphatic rings. The Labute approximate surface area is 171 Å². The van der Waals surface area contributed by atoms with Crippen LogP contribution in [0.25, 0.3) is 0 Å².